The molecule has 0 spiro atoms. The van der Waals surface area contributed by atoms with Gasteiger partial charge in [-0.15, -0.1) is 0 Å². The molecule has 17 heavy (non-hydrogen) atoms. The van der Waals surface area contributed by atoms with Gasteiger partial charge in [0.2, 0.25) is 0 Å². The van der Waals surface area contributed by atoms with Crippen LogP contribution in [0.5, 0.6) is 0 Å². The summed E-state index contributed by atoms with van der Waals surface area (Å²) in [5.74, 6) is 0.268. The van der Waals surface area contributed by atoms with Crippen LogP contribution in [0, 0.1) is 0 Å². The molecule has 4 heteroatoms. The van der Waals surface area contributed by atoms with E-state index in [1.54, 1.807) is 13.8 Å². The lowest BCUT2D eigenvalue weighted by Crippen LogP contribution is -2.23. The fourth-order valence-corrected chi connectivity index (χ4v) is 2.41. The molecule has 1 N–H and O–H groups in total. The van der Waals surface area contributed by atoms with Crippen molar-refractivity contribution in [1.82, 2.24) is 5.32 Å². The average molecular weight is 261 g/mol. The summed E-state index contributed by atoms with van der Waals surface area (Å²) in [5.41, 5.74) is 1.17. The summed E-state index contributed by atoms with van der Waals surface area (Å²) in [6.07, 6.45) is 3.75. The highest BCUT2D eigenvalue weighted by Crippen LogP contribution is 2.08. The van der Waals surface area contributed by atoms with Gasteiger partial charge in [0.05, 0.1) is 11.0 Å². The van der Waals surface area contributed by atoms with Crippen molar-refractivity contribution in [2.45, 2.75) is 58.8 Å². The van der Waals surface area contributed by atoms with E-state index in [4.69, 9.17) is 0 Å². The van der Waals surface area contributed by atoms with Gasteiger partial charge in [0, 0.05) is 6.04 Å². The van der Waals surface area contributed by atoms with Crippen molar-refractivity contribution in [2.75, 3.05) is 12.3 Å². The zero-order valence-electron chi connectivity index (χ0n) is 11.8. The summed E-state index contributed by atoms with van der Waals surface area (Å²) in [5, 5.41) is 3.06. The molecule has 3 nitrogen and oxygen atoms in total. The van der Waals surface area contributed by atoms with Gasteiger partial charge >= 0.3 is 0 Å². The van der Waals surface area contributed by atoms with Gasteiger partial charge in [-0.25, -0.2) is 8.42 Å². The fraction of sp³-hybridized carbons (Fsp3) is 0.846. The Kier molecular flexibility index (Phi) is 7.71. The van der Waals surface area contributed by atoms with Gasteiger partial charge in [0.25, 0.3) is 0 Å². The van der Waals surface area contributed by atoms with Crippen molar-refractivity contribution in [3.63, 3.8) is 0 Å². The Labute approximate surface area is 107 Å². The summed E-state index contributed by atoms with van der Waals surface area (Å²) in [6.45, 7) is 10.7. The molecule has 0 aromatic rings. The standard InChI is InChI=1S/C13H27NO2S/c1-11(2)14-9-6-7-13(5)8-10-17(15,16)12(3)4/h7,11-12,14H,6,8-10H2,1-5H3/b13-7-. The number of hydrogen-bond acceptors (Lipinski definition) is 3. The van der Waals surface area contributed by atoms with Crippen molar-refractivity contribution in [3.05, 3.63) is 11.6 Å². The maximum absolute atomic E-state index is 11.6. The van der Waals surface area contributed by atoms with Crippen LogP contribution in [0.1, 0.15) is 47.5 Å². The van der Waals surface area contributed by atoms with E-state index in [1.165, 1.54) is 5.57 Å². The van der Waals surface area contributed by atoms with E-state index in [0.717, 1.165) is 13.0 Å². The maximum atomic E-state index is 11.6. The number of allylic oxidation sites excluding steroid dienone is 1. The third-order valence-electron chi connectivity index (χ3n) is 2.69. The van der Waals surface area contributed by atoms with Crippen LogP contribution in [0.3, 0.4) is 0 Å². The van der Waals surface area contributed by atoms with Crippen LogP contribution in [0.25, 0.3) is 0 Å². The van der Waals surface area contributed by atoms with Gasteiger partial charge in [-0.3, -0.25) is 0 Å². The Morgan fingerprint density at radius 3 is 2.29 bits per heavy atom. The molecule has 0 rings (SSSR count). The van der Waals surface area contributed by atoms with Crippen LogP contribution < -0.4 is 5.32 Å². The van der Waals surface area contributed by atoms with Crippen molar-refractivity contribution in [1.29, 1.82) is 0 Å². The van der Waals surface area contributed by atoms with Crippen LogP contribution in [-0.4, -0.2) is 32.0 Å². The molecule has 0 saturated heterocycles. The van der Waals surface area contributed by atoms with Gasteiger partial charge in [-0.2, -0.15) is 0 Å². The summed E-state index contributed by atoms with van der Waals surface area (Å²) < 4.78 is 23.2. The largest absolute Gasteiger partial charge is 0.314 e. The molecule has 0 aromatic heterocycles. The van der Waals surface area contributed by atoms with Crippen molar-refractivity contribution in [3.8, 4) is 0 Å². The average Bonchev–Trinajstić information content (AvgIpc) is 2.21. The predicted octanol–water partition coefficient (Wildman–Crippen LogP) is 2.53. The Hall–Kier alpha value is -0.350. The lowest BCUT2D eigenvalue weighted by atomic mass is 10.2. The van der Waals surface area contributed by atoms with E-state index in [0.29, 0.717) is 12.5 Å². The summed E-state index contributed by atoms with van der Waals surface area (Å²) >= 11 is 0. The zero-order chi connectivity index (χ0) is 13.5. The number of nitrogens with one attached hydrogen (secondary N) is 1. The molecule has 0 radical (unpaired) electrons. The first-order valence-corrected chi connectivity index (χ1v) is 8.08. The van der Waals surface area contributed by atoms with E-state index in [9.17, 15) is 8.42 Å². The molecule has 0 unspecified atom stereocenters. The van der Waals surface area contributed by atoms with Crippen LogP contribution in [0.15, 0.2) is 11.6 Å². The number of sulfone groups is 1. The third kappa shape index (κ3) is 8.38. The Morgan fingerprint density at radius 1 is 1.24 bits per heavy atom. The SMILES string of the molecule is C/C(=C/CCNC(C)C)CCS(=O)(=O)C(C)C. The molecule has 0 aliphatic carbocycles. The summed E-state index contributed by atoms with van der Waals surface area (Å²) in [4.78, 5) is 0. The maximum Gasteiger partial charge on any atom is 0.152 e. The fourth-order valence-electron chi connectivity index (χ4n) is 1.33. The van der Waals surface area contributed by atoms with Crippen molar-refractivity contribution < 1.29 is 8.42 Å². The summed E-state index contributed by atoms with van der Waals surface area (Å²) in [6, 6.07) is 0.505. The first kappa shape index (κ1) is 16.6. The van der Waals surface area contributed by atoms with Crippen molar-refractivity contribution >= 4 is 9.84 Å². The minimum atomic E-state index is -2.89. The minimum absolute atomic E-state index is 0.266. The molecule has 0 aliphatic rings. The second kappa shape index (κ2) is 7.88. The van der Waals surface area contributed by atoms with Gasteiger partial charge < -0.3 is 5.32 Å². The zero-order valence-corrected chi connectivity index (χ0v) is 12.6. The molecule has 0 fully saturated rings. The highest BCUT2D eigenvalue weighted by atomic mass is 32.2. The first-order chi connectivity index (χ1) is 7.75. The smallest absolute Gasteiger partial charge is 0.152 e. The number of rotatable bonds is 8. The second-order valence-corrected chi connectivity index (χ2v) is 7.79. The quantitative estimate of drug-likeness (QED) is 0.539. The normalized spacial score (nSPS) is 13.7. The third-order valence-corrected chi connectivity index (χ3v) is 4.90. The minimum Gasteiger partial charge on any atom is -0.314 e. The lowest BCUT2D eigenvalue weighted by molar-refractivity contribution is 0.586. The van der Waals surface area contributed by atoms with Gasteiger partial charge in [-0.1, -0.05) is 25.5 Å². The molecule has 0 heterocycles. The van der Waals surface area contributed by atoms with Gasteiger partial charge in [-0.05, 0) is 40.2 Å². The second-order valence-electron chi connectivity index (χ2n) is 5.11. The molecule has 0 atom stereocenters. The summed E-state index contributed by atoms with van der Waals surface area (Å²) in [7, 11) is -2.89. The van der Waals surface area contributed by atoms with Crippen LogP contribution in [0.2, 0.25) is 0 Å². The molecule has 0 bridgehead atoms. The predicted molar refractivity (Wildman–Crippen MR) is 75.1 cm³/mol. The molecule has 102 valence electrons. The highest BCUT2D eigenvalue weighted by molar-refractivity contribution is 7.91. The molecular formula is C13H27NO2S. The van der Waals surface area contributed by atoms with Crippen LogP contribution >= 0.6 is 0 Å². The molecule has 0 aromatic carbocycles. The molecular weight excluding hydrogens is 234 g/mol. The van der Waals surface area contributed by atoms with E-state index in [1.807, 2.05) is 6.92 Å². The first-order valence-electron chi connectivity index (χ1n) is 6.36. The molecule has 0 saturated carbocycles. The Bertz CT molecular complexity index is 329. The van der Waals surface area contributed by atoms with Crippen LogP contribution in [0.4, 0.5) is 0 Å². The van der Waals surface area contributed by atoms with Gasteiger partial charge in [0.15, 0.2) is 9.84 Å². The van der Waals surface area contributed by atoms with E-state index >= 15 is 0 Å². The monoisotopic (exact) mass is 261 g/mol. The molecule has 0 aliphatic heterocycles. The van der Waals surface area contributed by atoms with Gasteiger partial charge in [0.1, 0.15) is 0 Å². The highest BCUT2D eigenvalue weighted by Gasteiger charge is 2.15. The topological polar surface area (TPSA) is 46.2 Å². The number of hydrogen-bond donors (Lipinski definition) is 1. The Morgan fingerprint density at radius 2 is 1.82 bits per heavy atom. The Balaban J connectivity index is 3.94. The lowest BCUT2D eigenvalue weighted by Gasteiger charge is -2.08. The van der Waals surface area contributed by atoms with E-state index < -0.39 is 9.84 Å². The van der Waals surface area contributed by atoms with Crippen molar-refractivity contribution in [2.24, 2.45) is 0 Å². The van der Waals surface area contributed by atoms with E-state index in [2.05, 4.69) is 25.2 Å². The molecule has 0 amide bonds. The van der Waals surface area contributed by atoms with E-state index in [-0.39, 0.29) is 11.0 Å². The van der Waals surface area contributed by atoms with Crippen LogP contribution in [-0.2, 0) is 9.84 Å².